The smallest absolute Gasteiger partial charge is 0.293 e. The van der Waals surface area contributed by atoms with Crippen LogP contribution in [0.1, 0.15) is 23.7 Å². The van der Waals surface area contributed by atoms with Gasteiger partial charge >= 0.3 is 6.18 Å². The Morgan fingerprint density at radius 2 is 2.00 bits per heavy atom. The molecule has 1 aromatic carbocycles. The van der Waals surface area contributed by atoms with E-state index in [9.17, 15) is 18.0 Å². The first kappa shape index (κ1) is 16.5. The number of thioether (sulfide) groups is 1. The van der Waals surface area contributed by atoms with Crippen LogP contribution in [0.4, 0.5) is 13.2 Å². The normalized spacial score (nSPS) is 13.1. The zero-order valence-electron chi connectivity index (χ0n) is 11.6. The highest BCUT2D eigenvalue weighted by molar-refractivity contribution is 8.00. The summed E-state index contributed by atoms with van der Waals surface area (Å²) in [6.45, 7) is 0.509. The fourth-order valence-electron chi connectivity index (χ4n) is 1.79. The molecule has 2 rings (SSSR count). The molecule has 0 aliphatic carbocycles. The lowest BCUT2D eigenvalue weighted by Gasteiger charge is -2.13. The van der Waals surface area contributed by atoms with E-state index in [1.54, 1.807) is 37.3 Å². The molecule has 1 heterocycles. The average Bonchev–Trinajstić information content (AvgIpc) is 2.90. The third-order valence-corrected chi connectivity index (χ3v) is 4.13. The van der Waals surface area contributed by atoms with E-state index in [1.807, 2.05) is 0 Å². The Hall–Kier alpha value is -1.90. The maximum atomic E-state index is 12.4. The monoisotopic (exact) mass is 330 g/mol. The number of benzene rings is 1. The van der Waals surface area contributed by atoms with Crippen molar-refractivity contribution in [3.8, 4) is 0 Å². The van der Waals surface area contributed by atoms with Crippen LogP contribution in [0.15, 0.2) is 35.5 Å². The van der Waals surface area contributed by atoms with Gasteiger partial charge in [0.25, 0.3) is 0 Å². The Balaban J connectivity index is 2.14. The molecule has 0 aliphatic rings. The summed E-state index contributed by atoms with van der Waals surface area (Å²) >= 11 is 0.943. The van der Waals surface area contributed by atoms with Crippen LogP contribution in [0, 0.1) is 0 Å². The van der Waals surface area contributed by atoms with Gasteiger partial charge < -0.3 is 0 Å². The van der Waals surface area contributed by atoms with Crippen LogP contribution in [0.25, 0.3) is 0 Å². The maximum Gasteiger partial charge on any atom is 0.408 e. The molecule has 0 fully saturated rings. The lowest BCUT2D eigenvalue weighted by atomic mass is 10.1. The van der Waals surface area contributed by atoms with Crippen molar-refractivity contribution in [1.29, 1.82) is 0 Å². The predicted octanol–water partition coefficient (Wildman–Crippen LogP) is 2.99. The first-order valence-corrected chi connectivity index (χ1v) is 7.37. The number of carbonyl (C=O) groups excluding carboxylic acids is 1. The molecule has 1 atom stereocenters. The Morgan fingerprint density at radius 3 is 2.59 bits per heavy atom. The predicted molar refractivity (Wildman–Crippen MR) is 74.6 cm³/mol. The molecule has 9 heteroatoms. The quantitative estimate of drug-likeness (QED) is 0.602. The zero-order valence-corrected chi connectivity index (χ0v) is 12.4. The number of hydrogen-bond donors (Lipinski definition) is 0. The van der Waals surface area contributed by atoms with Gasteiger partial charge in [-0.3, -0.25) is 4.79 Å². The Bertz CT molecular complexity index is 630. The largest absolute Gasteiger partial charge is 0.408 e. The van der Waals surface area contributed by atoms with E-state index in [0.29, 0.717) is 16.7 Å². The lowest BCUT2D eigenvalue weighted by Crippen LogP contribution is -2.21. The number of aromatic nitrogens is 4. The molecule has 0 amide bonds. The van der Waals surface area contributed by atoms with Crippen LogP contribution in [0.2, 0.25) is 0 Å². The maximum absolute atomic E-state index is 12.4. The molecule has 118 valence electrons. The van der Waals surface area contributed by atoms with Crippen molar-refractivity contribution < 1.29 is 18.0 Å². The molecule has 2 aromatic rings. The molecule has 0 N–H and O–H groups in total. The molecule has 0 saturated heterocycles. The van der Waals surface area contributed by atoms with Crippen molar-refractivity contribution in [3.05, 3.63) is 35.9 Å². The summed E-state index contributed by atoms with van der Waals surface area (Å²) in [6.07, 6.45) is -3.97. The second-order valence-corrected chi connectivity index (χ2v) is 5.65. The fourth-order valence-corrected chi connectivity index (χ4v) is 2.76. The zero-order chi connectivity index (χ0) is 16.2. The highest BCUT2D eigenvalue weighted by atomic mass is 32.2. The minimum Gasteiger partial charge on any atom is -0.293 e. The highest BCUT2D eigenvalue weighted by Gasteiger charge is 2.31. The SMILES string of the molecule is CCC(Sc1nnnn1CC(F)(F)F)C(=O)c1ccccc1. The van der Waals surface area contributed by atoms with E-state index in [-0.39, 0.29) is 10.9 Å². The molecular formula is C13H13F3N4OS. The third kappa shape index (κ3) is 4.30. The van der Waals surface area contributed by atoms with Crippen molar-refractivity contribution >= 4 is 17.5 Å². The van der Waals surface area contributed by atoms with Gasteiger partial charge in [-0.15, -0.1) is 5.10 Å². The van der Waals surface area contributed by atoms with Gasteiger partial charge in [-0.25, -0.2) is 4.68 Å². The molecule has 0 spiro atoms. The van der Waals surface area contributed by atoms with Gasteiger partial charge in [-0.05, 0) is 16.8 Å². The van der Waals surface area contributed by atoms with Crippen LogP contribution in [0.3, 0.4) is 0 Å². The molecule has 1 aromatic heterocycles. The first-order chi connectivity index (χ1) is 10.4. The molecule has 0 aliphatic heterocycles. The highest BCUT2D eigenvalue weighted by Crippen LogP contribution is 2.27. The average molecular weight is 330 g/mol. The van der Waals surface area contributed by atoms with Crippen molar-refractivity contribution in [2.45, 2.75) is 36.5 Å². The summed E-state index contributed by atoms with van der Waals surface area (Å²) in [4.78, 5) is 12.4. The summed E-state index contributed by atoms with van der Waals surface area (Å²) in [5.74, 6) is -0.158. The minimum atomic E-state index is -4.42. The number of tetrazole rings is 1. The molecule has 0 saturated carbocycles. The summed E-state index contributed by atoms with van der Waals surface area (Å²) in [5, 5.41) is 9.60. The number of alkyl halides is 3. The number of hydrogen-bond acceptors (Lipinski definition) is 5. The number of Topliss-reactive ketones (excluding diaryl/α,β-unsaturated/α-hetero) is 1. The van der Waals surface area contributed by atoms with Crippen LogP contribution in [-0.2, 0) is 6.54 Å². The summed E-state index contributed by atoms with van der Waals surface area (Å²) in [7, 11) is 0. The fraction of sp³-hybridized carbons (Fsp3) is 0.385. The molecule has 22 heavy (non-hydrogen) atoms. The van der Waals surface area contributed by atoms with Crippen molar-refractivity contribution in [2.24, 2.45) is 0 Å². The lowest BCUT2D eigenvalue weighted by molar-refractivity contribution is -0.144. The van der Waals surface area contributed by atoms with Gasteiger partial charge in [-0.1, -0.05) is 49.0 Å². The summed E-state index contributed by atoms with van der Waals surface area (Å²) in [5.41, 5.74) is 0.511. The third-order valence-electron chi connectivity index (χ3n) is 2.80. The van der Waals surface area contributed by atoms with Crippen LogP contribution < -0.4 is 0 Å². The molecule has 5 nitrogen and oxygen atoms in total. The Morgan fingerprint density at radius 1 is 1.32 bits per heavy atom. The number of halogens is 3. The van der Waals surface area contributed by atoms with Crippen LogP contribution >= 0.6 is 11.8 Å². The standard InChI is InChI=1S/C13H13F3N4OS/c1-2-10(11(21)9-6-4-3-5-7-9)22-12-17-18-19-20(12)8-13(14,15)16/h3-7,10H,2,8H2,1H3. The molecule has 0 bridgehead atoms. The van der Waals surface area contributed by atoms with Crippen molar-refractivity contribution in [3.63, 3.8) is 0 Å². The summed E-state index contributed by atoms with van der Waals surface area (Å²) in [6, 6.07) is 8.60. The Kier molecular flexibility index (Phi) is 5.17. The van der Waals surface area contributed by atoms with Crippen molar-refractivity contribution in [1.82, 2.24) is 20.2 Å². The van der Waals surface area contributed by atoms with Crippen LogP contribution in [-0.4, -0.2) is 37.4 Å². The second-order valence-electron chi connectivity index (χ2n) is 4.48. The van der Waals surface area contributed by atoms with E-state index < -0.39 is 18.0 Å². The van der Waals surface area contributed by atoms with Gasteiger partial charge in [0.15, 0.2) is 5.78 Å². The van der Waals surface area contributed by atoms with E-state index in [1.165, 1.54) is 0 Å². The minimum absolute atomic E-state index is 0.0199. The molecule has 1 unspecified atom stereocenters. The number of ketones is 1. The van der Waals surface area contributed by atoms with Gasteiger partial charge in [0.1, 0.15) is 6.54 Å². The van der Waals surface area contributed by atoms with Gasteiger partial charge in [0.05, 0.1) is 5.25 Å². The number of nitrogens with zero attached hydrogens (tertiary/aromatic N) is 4. The van der Waals surface area contributed by atoms with Gasteiger partial charge in [-0.2, -0.15) is 13.2 Å². The van der Waals surface area contributed by atoms with Gasteiger partial charge in [0.2, 0.25) is 5.16 Å². The topological polar surface area (TPSA) is 60.7 Å². The van der Waals surface area contributed by atoms with Crippen molar-refractivity contribution in [2.75, 3.05) is 0 Å². The van der Waals surface area contributed by atoms with E-state index in [2.05, 4.69) is 15.5 Å². The van der Waals surface area contributed by atoms with E-state index in [0.717, 1.165) is 11.8 Å². The Labute approximate surface area is 128 Å². The molecular weight excluding hydrogens is 317 g/mol. The first-order valence-electron chi connectivity index (χ1n) is 6.49. The molecule has 0 radical (unpaired) electrons. The summed E-state index contributed by atoms with van der Waals surface area (Å²) < 4.78 is 38.0. The van der Waals surface area contributed by atoms with E-state index >= 15 is 0 Å². The number of rotatable bonds is 6. The second kappa shape index (κ2) is 6.91. The number of carbonyl (C=O) groups is 1. The van der Waals surface area contributed by atoms with Crippen LogP contribution in [0.5, 0.6) is 0 Å². The van der Waals surface area contributed by atoms with E-state index in [4.69, 9.17) is 0 Å². The van der Waals surface area contributed by atoms with Gasteiger partial charge in [0, 0.05) is 5.56 Å².